The highest BCUT2D eigenvalue weighted by atomic mass is 19.3. The highest BCUT2D eigenvalue weighted by Crippen LogP contribution is 2.56. The topological polar surface area (TPSA) is 101 Å². The molecule has 5 nitrogen and oxygen atoms in total. The first-order valence-corrected chi connectivity index (χ1v) is 3.39. The number of halogens is 2. The predicted octanol–water partition coefficient (Wildman–Crippen LogP) is -0.636. The van der Waals surface area contributed by atoms with E-state index in [1.165, 1.54) is 0 Å². The minimum atomic E-state index is -3.50. The van der Waals surface area contributed by atoms with E-state index >= 15 is 0 Å². The maximum atomic E-state index is 12.6. The summed E-state index contributed by atoms with van der Waals surface area (Å²) in [6, 6.07) is -1.82. The van der Waals surface area contributed by atoms with Gasteiger partial charge in [-0.1, -0.05) is 0 Å². The maximum absolute atomic E-state index is 12.6. The Kier molecular flexibility index (Phi) is 1.99. The molecule has 4 N–H and O–H groups in total. The van der Waals surface area contributed by atoms with Crippen LogP contribution in [-0.4, -0.2) is 34.1 Å². The van der Waals surface area contributed by atoms with Crippen LogP contribution in [0, 0.1) is 11.8 Å². The molecule has 13 heavy (non-hydrogen) atoms. The van der Waals surface area contributed by atoms with Gasteiger partial charge < -0.3 is 15.9 Å². The smallest absolute Gasteiger partial charge is 0.321 e. The molecule has 0 aromatic rings. The highest BCUT2D eigenvalue weighted by Gasteiger charge is 2.75. The molecule has 2 unspecified atom stereocenters. The second-order valence-corrected chi connectivity index (χ2v) is 2.88. The quantitative estimate of drug-likeness (QED) is 0.556. The van der Waals surface area contributed by atoms with Crippen molar-refractivity contribution in [3.05, 3.63) is 0 Å². The molecule has 0 aliphatic heterocycles. The average molecular weight is 195 g/mol. The highest BCUT2D eigenvalue weighted by molar-refractivity contribution is 5.81. The molecule has 0 amide bonds. The van der Waals surface area contributed by atoms with Crippen LogP contribution in [0.5, 0.6) is 0 Å². The van der Waals surface area contributed by atoms with Crippen LogP contribution in [0.1, 0.15) is 0 Å². The predicted molar refractivity (Wildman–Crippen MR) is 35.2 cm³/mol. The fourth-order valence-corrected chi connectivity index (χ4v) is 1.27. The lowest BCUT2D eigenvalue weighted by atomic mass is 10.1. The van der Waals surface area contributed by atoms with E-state index in [0.29, 0.717) is 0 Å². The second-order valence-electron chi connectivity index (χ2n) is 2.88. The van der Waals surface area contributed by atoms with Gasteiger partial charge in [0.25, 0.3) is 5.92 Å². The van der Waals surface area contributed by atoms with Crippen LogP contribution in [-0.2, 0) is 9.59 Å². The number of alkyl halides is 2. The summed E-state index contributed by atoms with van der Waals surface area (Å²) in [5.74, 6) is -10.6. The van der Waals surface area contributed by atoms with Gasteiger partial charge in [-0.2, -0.15) is 0 Å². The van der Waals surface area contributed by atoms with Crippen molar-refractivity contribution in [3.63, 3.8) is 0 Å². The Morgan fingerprint density at radius 2 is 1.85 bits per heavy atom. The Morgan fingerprint density at radius 3 is 2.08 bits per heavy atom. The summed E-state index contributed by atoms with van der Waals surface area (Å²) in [5, 5.41) is 16.5. The molecule has 1 fully saturated rings. The summed E-state index contributed by atoms with van der Waals surface area (Å²) in [6.45, 7) is 0. The Hall–Kier alpha value is -1.24. The zero-order chi connectivity index (χ0) is 10.4. The zero-order valence-electron chi connectivity index (χ0n) is 6.28. The van der Waals surface area contributed by atoms with E-state index in [1.807, 2.05) is 0 Å². The third-order valence-electron chi connectivity index (χ3n) is 2.05. The first-order valence-electron chi connectivity index (χ1n) is 3.39. The van der Waals surface area contributed by atoms with Crippen LogP contribution in [0.15, 0.2) is 0 Å². The van der Waals surface area contributed by atoms with Gasteiger partial charge in [-0.05, 0) is 0 Å². The summed E-state index contributed by atoms with van der Waals surface area (Å²) in [7, 11) is 0. The lowest BCUT2D eigenvalue weighted by Gasteiger charge is -2.02. The Balaban J connectivity index is 2.76. The Labute approximate surface area is 71.1 Å². The van der Waals surface area contributed by atoms with Gasteiger partial charge in [-0.3, -0.25) is 9.59 Å². The number of aliphatic carboxylic acids is 2. The molecule has 1 rings (SSSR count). The third-order valence-corrected chi connectivity index (χ3v) is 2.05. The van der Waals surface area contributed by atoms with Crippen molar-refractivity contribution in [1.29, 1.82) is 0 Å². The van der Waals surface area contributed by atoms with Gasteiger partial charge in [0.2, 0.25) is 0 Å². The zero-order valence-corrected chi connectivity index (χ0v) is 6.28. The number of hydrogen-bond donors (Lipinski definition) is 3. The molecule has 0 bridgehead atoms. The molecule has 0 saturated heterocycles. The minimum Gasteiger partial charge on any atom is -0.481 e. The van der Waals surface area contributed by atoms with Gasteiger partial charge in [0.05, 0.1) is 5.92 Å². The molecule has 1 saturated carbocycles. The third kappa shape index (κ3) is 1.35. The van der Waals surface area contributed by atoms with E-state index in [0.717, 1.165) is 0 Å². The van der Waals surface area contributed by atoms with Gasteiger partial charge in [0, 0.05) is 0 Å². The van der Waals surface area contributed by atoms with Crippen molar-refractivity contribution >= 4 is 11.9 Å². The lowest BCUT2D eigenvalue weighted by Crippen LogP contribution is -2.34. The first kappa shape index (κ1) is 9.85. The molecule has 1 aliphatic rings. The molecule has 0 aromatic heterocycles. The SMILES string of the molecule is N[C@H](C(=O)O)C1C(C(=O)O)C1(F)F. The van der Waals surface area contributed by atoms with E-state index < -0.39 is 35.7 Å². The number of carboxylic acids is 2. The molecular formula is C6H7F2NO4. The number of nitrogens with two attached hydrogens (primary N) is 1. The monoisotopic (exact) mass is 195 g/mol. The molecule has 0 aromatic carbocycles. The molecule has 74 valence electrons. The average Bonchev–Trinajstić information content (AvgIpc) is 2.51. The molecule has 0 heterocycles. The Bertz CT molecular complexity index is 267. The summed E-state index contributed by atoms with van der Waals surface area (Å²) >= 11 is 0. The van der Waals surface area contributed by atoms with Crippen molar-refractivity contribution in [2.24, 2.45) is 17.6 Å². The fraction of sp³-hybridized carbons (Fsp3) is 0.667. The first-order chi connectivity index (χ1) is 5.80. The molecule has 3 atom stereocenters. The van der Waals surface area contributed by atoms with Crippen LogP contribution in [0.2, 0.25) is 0 Å². The lowest BCUT2D eigenvalue weighted by molar-refractivity contribution is -0.141. The van der Waals surface area contributed by atoms with Crippen molar-refractivity contribution in [3.8, 4) is 0 Å². The number of carboxylic acid groups (broad SMARTS) is 2. The molecule has 1 aliphatic carbocycles. The van der Waals surface area contributed by atoms with Crippen LogP contribution in [0.25, 0.3) is 0 Å². The fourth-order valence-electron chi connectivity index (χ4n) is 1.27. The normalized spacial score (nSPS) is 32.2. The van der Waals surface area contributed by atoms with Gasteiger partial charge in [-0.15, -0.1) is 0 Å². The van der Waals surface area contributed by atoms with Crippen LogP contribution >= 0.6 is 0 Å². The van der Waals surface area contributed by atoms with E-state index in [9.17, 15) is 18.4 Å². The van der Waals surface area contributed by atoms with E-state index in [2.05, 4.69) is 0 Å². The van der Waals surface area contributed by atoms with E-state index in [1.54, 1.807) is 0 Å². The summed E-state index contributed by atoms with van der Waals surface area (Å²) in [6.07, 6.45) is 0. The summed E-state index contributed by atoms with van der Waals surface area (Å²) < 4.78 is 25.2. The molecule has 0 spiro atoms. The summed E-state index contributed by atoms with van der Waals surface area (Å²) in [4.78, 5) is 20.4. The van der Waals surface area contributed by atoms with Gasteiger partial charge in [-0.25, -0.2) is 8.78 Å². The van der Waals surface area contributed by atoms with Crippen LogP contribution in [0.4, 0.5) is 8.78 Å². The van der Waals surface area contributed by atoms with Crippen molar-refractivity contribution in [2.75, 3.05) is 0 Å². The van der Waals surface area contributed by atoms with E-state index in [-0.39, 0.29) is 0 Å². The summed E-state index contributed by atoms with van der Waals surface area (Å²) in [5.41, 5.74) is 4.88. The maximum Gasteiger partial charge on any atom is 0.321 e. The molecule has 7 heteroatoms. The number of rotatable bonds is 3. The van der Waals surface area contributed by atoms with Gasteiger partial charge in [0.1, 0.15) is 12.0 Å². The molecular weight excluding hydrogens is 188 g/mol. The number of carbonyl (C=O) groups is 2. The minimum absolute atomic E-state index is 1.62. The standard InChI is InChI=1S/C6H7F2NO4/c7-6(8)1(2(6)4(10)11)3(9)5(12)13/h1-3H,9H2,(H,10,11)(H,12,13)/t1?,2?,3-/m0/s1. The van der Waals surface area contributed by atoms with Crippen molar-refractivity contribution in [1.82, 2.24) is 0 Å². The van der Waals surface area contributed by atoms with Crippen LogP contribution < -0.4 is 5.73 Å². The van der Waals surface area contributed by atoms with Gasteiger partial charge in [0.15, 0.2) is 0 Å². The second kappa shape index (κ2) is 2.63. The largest absolute Gasteiger partial charge is 0.481 e. The van der Waals surface area contributed by atoms with Crippen molar-refractivity contribution in [2.45, 2.75) is 12.0 Å². The number of hydrogen-bond acceptors (Lipinski definition) is 3. The Morgan fingerprint density at radius 1 is 1.38 bits per heavy atom. The van der Waals surface area contributed by atoms with E-state index in [4.69, 9.17) is 15.9 Å². The van der Waals surface area contributed by atoms with Crippen molar-refractivity contribution < 1.29 is 28.6 Å². The van der Waals surface area contributed by atoms with Crippen LogP contribution in [0.3, 0.4) is 0 Å². The van der Waals surface area contributed by atoms with Gasteiger partial charge >= 0.3 is 11.9 Å². The molecule has 0 radical (unpaired) electrons.